The highest BCUT2D eigenvalue weighted by atomic mass is 32.2. The van der Waals surface area contributed by atoms with E-state index < -0.39 is 10.0 Å². The van der Waals surface area contributed by atoms with Crippen LogP contribution in [0.5, 0.6) is 11.5 Å². The predicted molar refractivity (Wildman–Crippen MR) is 100 cm³/mol. The molecule has 0 fully saturated rings. The van der Waals surface area contributed by atoms with Gasteiger partial charge in [0.25, 0.3) is 10.0 Å². The Labute approximate surface area is 153 Å². The molecule has 0 aliphatic carbocycles. The lowest BCUT2D eigenvalue weighted by Crippen LogP contribution is -2.30. The zero-order valence-corrected chi connectivity index (χ0v) is 16.0. The fraction of sp³-hybridized carbons (Fsp3) is 0.278. The number of sulfonamides is 1. The van der Waals surface area contributed by atoms with E-state index in [9.17, 15) is 13.2 Å². The van der Waals surface area contributed by atoms with Crippen molar-refractivity contribution in [2.45, 2.75) is 18.7 Å². The number of carbonyl (C=O) groups is 1. The van der Waals surface area contributed by atoms with Crippen LogP contribution in [0.15, 0.2) is 47.4 Å². The molecule has 0 radical (unpaired) electrons. The van der Waals surface area contributed by atoms with Gasteiger partial charge in [0.2, 0.25) is 5.91 Å². The Bertz CT molecular complexity index is 879. The topological polar surface area (TPSA) is 84.9 Å². The van der Waals surface area contributed by atoms with Gasteiger partial charge in [-0.25, -0.2) is 8.42 Å². The van der Waals surface area contributed by atoms with Crippen LogP contribution >= 0.6 is 0 Å². The molecule has 140 valence electrons. The highest BCUT2D eigenvalue weighted by molar-refractivity contribution is 7.92. The molecule has 0 bridgehead atoms. The molecule has 2 aromatic rings. The summed E-state index contributed by atoms with van der Waals surface area (Å²) < 4.78 is 37.8. The van der Waals surface area contributed by atoms with Crippen LogP contribution < -0.4 is 19.1 Å². The van der Waals surface area contributed by atoms with Crippen molar-refractivity contribution in [1.29, 1.82) is 0 Å². The van der Waals surface area contributed by atoms with E-state index in [1.165, 1.54) is 37.6 Å². The first kappa shape index (κ1) is 19.6. The van der Waals surface area contributed by atoms with Crippen LogP contribution in [0.1, 0.15) is 13.8 Å². The Morgan fingerprint density at radius 2 is 1.65 bits per heavy atom. The SMILES string of the molecule is CCN(c1ccc(OC)c(OC)c1)S(=O)(=O)c1ccc(NC(C)=O)cc1. The summed E-state index contributed by atoms with van der Waals surface area (Å²) in [6, 6.07) is 11.0. The van der Waals surface area contributed by atoms with Crippen LogP contribution in [0.3, 0.4) is 0 Å². The summed E-state index contributed by atoms with van der Waals surface area (Å²) >= 11 is 0. The van der Waals surface area contributed by atoms with Crippen molar-refractivity contribution in [2.75, 3.05) is 30.4 Å². The van der Waals surface area contributed by atoms with Crippen molar-refractivity contribution in [1.82, 2.24) is 0 Å². The van der Waals surface area contributed by atoms with E-state index in [1.807, 2.05) is 0 Å². The zero-order chi connectivity index (χ0) is 19.3. The average Bonchev–Trinajstić information content (AvgIpc) is 2.61. The minimum Gasteiger partial charge on any atom is -0.493 e. The van der Waals surface area contributed by atoms with Gasteiger partial charge >= 0.3 is 0 Å². The third-order valence-corrected chi connectivity index (χ3v) is 5.62. The van der Waals surface area contributed by atoms with Gasteiger partial charge in [0.1, 0.15) is 0 Å². The number of nitrogens with zero attached hydrogens (tertiary/aromatic N) is 1. The number of ether oxygens (including phenoxy) is 2. The van der Waals surface area contributed by atoms with Crippen molar-refractivity contribution in [3.05, 3.63) is 42.5 Å². The molecule has 0 heterocycles. The van der Waals surface area contributed by atoms with Gasteiger partial charge in [0, 0.05) is 25.2 Å². The summed E-state index contributed by atoms with van der Waals surface area (Å²) in [6.07, 6.45) is 0. The molecule has 26 heavy (non-hydrogen) atoms. The summed E-state index contributed by atoms with van der Waals surface area (Å²) in [5, 5.41) is 2.61. The Morgan fingerprint density at radius 3 is 2.15 bits per heavy atom. The van der Waals surface area contributed by atoms with E-state index in [0.717, 1.165) is 0 Å². The molecular formula is C18H22N2O5S. The van der Waals surface area contributed by atoms with Crippen molar-refractivity contribution >= 4 is 27.3 Å². The van der Waals surface area contributed by atoms with Crippen molar-refractivity contribution < 1.29 is 22.7 Å². The second-order valence-electron chi connectivity index (χ2n) is 5.41. The number of nitrogens with one attached hydrogen (secondary N) is 1. The minimum absolute atomic E-state index is 0.128. The first-order valence-corrected chi connectivity index (χ1v) is 9.40. The maximum absolute atomic E-state index is 13.0. The molecule has 8 heteroatoms. The number of carbonyl (C=O) groups excluding carboxylic acids is 1. The van der Waals surface area contributed by atoms with E-state index in [1.54, 1.807) is 37.3 Å². The molecule has 7 nitrogen and oxygen atoms in total. The standard InChI is InChI=1S/C18H22N2O5S/c1-5-20(15-8-11-17(24-3)18(12-15)25-4)26(22,23)16-9-6-14(7-10-16)19-13(2)21/h6-12H,5H2,1-4H3,(H,19,21). The minimum atomic E-state index is -3.77. The van der Waals surface area contributed by atoms with Crippen LogP contribution in [0.2, 0.25) is 0 Å². The number of benzene rings is 2. The Morgan fingerprint density at radius 1 is 1.04 bits per heavy atom. The summed E-state index contributed by atoms with van der Waals surface area (Å²) in [4.78, 5) is 11.2. The lowest BCUT2D eigenvalue weighted by molar-refractivity contribution is -0.114. The Kier molecular flexibility index (Phi) is 6.10. The van der Waals surface area contributed by atoms with Crippen LogP contribution in [0.25, 0.3) is 0 Å². The van der Waals surface area contributed by atoms with E-state index in [0.29, 0.717) is 22.9 Å². The fourth-order valence-corrected chi connectivity index (χ4v) is 3.98. The number of hydrogen-bond donors (Lipinski definition) is 1. The maximum atomic E-state index is 13.0. The molecule has 0 atom stereocenters. The number of anilines is 2. The summed E-state index contributed by atoms with van der Waals surface area (Å²) in [5.41, 5.74) is 1.00. The second kappa shape index (κ2) is 8.09. The molecule has 0 aromatic heterocycles. The molecule has 0 saturated heterocycles. The van der Waals surface area contributed by atoms with Gasteiger partial charge in [-0.3, -0.25) is 9.10 Å². The van der Waals surface area contributed by atoms with E-state index in [2.05, 4.69) is 5.32 Å². The fourth-order valence-electron chi connectivity index (χ4n) is 2.51. The van der Waals surface area contributed by atoms with Gasteiger partial charge in [-0.2, -0.15) is 0 Å². The molecule has 0 unspecified atom stereocenters. The van der Waals surface area contributed by atoms with Crippen LogP contribution in [-0.4, -0.2) is 35.1 Å². The lowest BCUT2D eigenvalue weighted by Gasteiger charge is -2.24. The highest BCUT2D eigenvalue weighted by Crippen LogP contribution is 2.33. The molecule has 2 rings (SSSR count). The van der Waals surface area contributed by atoms with E-state index in [-0.39, 0.29) is 17.3 Å². The molecule has 0 spiro atoms. The normalized spacial score (nSPS) is 10.9. The highest BCUT2D eigenvalue weighted by Gasteiger charge is 2.24. The van der Waals surface area contributed by atoms with Gasteiger partial charge in [0.05, 0.1) is 24.8 Å². The number of rotatable bonds is 7. The Balaban J connectivity index is 2.40. The first-order valence-electron chi connectivity index (χ1n) is 7.96. The van der Waals surface area contributed by atoms with E-state index >= 15 is 0 Å². The van der Waals surface area contributed by atoms with Crippen molar-refractivity contribution in [3.8, 4) is 11.5 Å². The van der Waals surface area contributed by atoms with Crippen molar-refractivity contribution in [2.24, 2.45) is 0 Å². The summed E-state index contributed by atoms with van der Waals surface area (Å²) in [5.74, 6) is 0.741. The molecule has 1 N–H and O–H groups in total. The largest absolute Gasteiger partial charge is 0.493 e. The molecule has 0 saturated carbocycles. The van der Waals surface area contributed by atoms with E-state index in [4.69, 9.17) is 9.47 Å². The number of hydrogen-bond acceptors (Lipinski definition) is 5. The average molecular weight is 378 g/mol. The molecule has 2 aromatic carbocycles. The smallest absolute Gasteiger partial charge is 0.264 e. The Hall–Kier alpha value is -2.74. The van der Waals surface area contributed by atoms with Gasteiger partial charge in [-0.05, 0) is 43.3 Å². The number of amides is 1. The van der Waals surface area contributed by atoms with Gasteiger partial charge in [-0.15, -0.1) is 0 Å². The third-order valence-electron chi connectivity index (χ3n) is 3.71. The first-order chi connectivity index (χ1) is 12.3. The quantitative estimate of drug-likeness (QED) is 0.801. The summed E-state index contributed by atoms with van der Waals surface area (Å²) in [6.45, 7) is 3.38. The van der Waals surface area contributed by atoms with Crippen LogP contribution in [-0.2, 0) is 14.8 Å². The molecule has 0 aliphatic heterocycles. The predicted octanol–water partition coefficient (Wildman–Crippen LogP) is 2.88. The second-order valence-corrected chi connectivity index (χ2v) is 7.28. The maximum Gasteiger partial charge on any atom is 0.264 e. The van der Waals surface area contributed by atoms with Crippen LogP contribution in [0, 0.1) is 0 Å². The van der Waals surface area contributed by atoms with Crippen LogP contribution in [0.4, 0.5) is 11.4 Å². The number of methoxy groups -OCH3 is 2. The molecule has 0 aliphatic rings. The van der Waals surface area contributed by atoms with Gasteiger partial charge in [0.15, 0.2) is 11.5 Å². The van der Waals surface area contributed by atoms with Gasteiger partial charge in [-0.1, -0.05) is 0 Å². The van der Waals surface area contributed by atoms with Crippen molar-refractivity contribution in [3.63, 3.8) is 0 Å². The third kappa shape index (κ3) is 4.08. The lowest BCUT2D eigenvalue weighted by atomic mass is 10.2. The monoisotopic (exact) mass is 378 g/mol. The summed E-state index contributed by atoms with van der Waals surface area (Å²) in [7, 11) is -0.760. The zero-order valence-electron chi connectivity index (χ0n) is 15.1. The van der Waals surface area contributed by atoms with Gasteiger partial charge < -0.3 is 14.8 Å². The molecular weight excluding hydrogens is 356 g/mol. The molecule has 1 amide bonds.